The fraction of sp³-hybridized carbons (Fsp3) is 0.333. The molecule has 0 unspecified atom stereocenters. The van der Waals surface area contributed by atoms with Gasteiger partial charge in [-0.1, -0.05) is 6.92 Å². The topological polar surface area (TPSA) is 42.0 Å². The SMILES string of the molecule is CCCC(=O)Nc1ccc2nc(C)sc2c1. The number of nitrogens with one attached hydrogen (secondary N) is 1. The van der Waals surface area contributed by atoms with Gasteiger partial charge in [-0.25, -0.2) is 4.98 Å². The summed E-state index contributed by atoms with van der Waals surface area (Å²) < 4.78 is 1.12. The van der Waals surface area contributed by atoms with Gasteiger partial charge < -0.3 is 5.32 Å². The summed E-state index contributed by atoms with van der Waals surface area (Å²) in [5.41, 5.74) is 1.85. The second-order valence-corrected chi connectivity index (χ2v) is 4.95. The maximum atomic E-state index is 11.4. The lowest BCUT2D eigenvalue weighted by atomic mass is 10.2. The first-order chi connectivity index (χ1) is 7.69. The third-order valence-corrected chi connectivity index (χ3v) is 3.19. The minimum absolute atomic E-state index is 0.0723. The van der Waals surface area contributed by atoms with E-state index in [2.05, 4.69) is 10.3 Å². The molecular formula is C12H14N2OS. The summed E-state index contributed by atoms with van der Waals surface area (Å²) in [5, 5.41) is 3.93. The number of aromatic nitrogens is 1. The lowest BCUT2D eigenvalue weighted by Crippen LogP contribution is -2.10. The largest absolute Gasteiger partial charge is 0.326 e. The van der Waals surface area contributed by atoms with E-state index >= 15 is 0 Å². The molecule has 1 aromatic carbocycles. The smallest absolute Gasteiger partial charge is 0.224 e. The normalized spacial score (nSPS) is 10.6. The van der Waals surface area contributed by atoms with Crippen LogP contribution in [0, 0.1) is 6.92 Å². The Balaban J connectivity index is 2.22. The molecule has 0 saturated carbocycles. The van der Waals surface area contributed by atoms with Crippen LogP contribution in [0.3, 0.4) is 0 Å². The van der Waals surface area contributed by atoms with Gasteiger partial charge in [-0.2, -0.15) is 0 Å². The van der Waals surface area contributed by atoms with Gasteiger partial charge in [0, 0.05) is 12.1 Å². The number of thiazole rings is 1. The average molecular weight is 234 g/mol. The number of carbonyl (C=O) groups excluding carboxylic acids is 1. The first-order valence-corrected chi connectivity index (χ1v) is 6.17. The van der Waals surface area contributed by atoms with E-state index in [9.17, 15) is 4.79 Å². The Morgan fingerprint density at radius 2 is 2.31 bits per heavy atom. The van der Waals surface area contributed by atoms with Crippen molar-refractivity contribution >= 4 is 33.1 Å². The molecule has 0 radical (unpaired) electrons. The second kappa shape index (κ2) is 4.61. The highest BCUT2D eigenvalue weighted by atomic mass is 32.1. The third kappa shape index (κ3) is 2.39. The number of amides is 1. The summed E-state index contributed by atoms with van der Waals surface area (Å²) in [6.07, 6.45) is 1.44. The van der Waals surface area contributed by atoms with Crippen LogP contribution in [0.25, 0.3) is 10.2 Å². The van der Waals surface area contributed by atoms with Crippen LogP contribution in [-0.4, -0.2) is 10.9 Å². The molecule has 0 saturated heterocycles. The van der Waals surface area contributed by atoms with E-state index in [1.807, 2.05) is 32.0 Å². The molecule has 0 aliphatic carbocycles. The van der Waals surface area contributed by atoms with Crippen molar-refractivity contribution in [1.29, 1.82) is 0 Å². The van der Waals surface area contributed by atoms with Crippen LogP contribution in [0.5, 0.6) is 0 Å². The van der Waals surface area contributed by atoms with Crippen molar-refractivity contribution in [3.05, 3.63) is 23.2 Å². The molecule has 2 aromatic rings. The minimum Gasteiger partial charge on any atom is -0.326 e. The van der Waals surface area contributed by atoms with Gasteiger partial charge in [0.2, 0.25) is 5.91 Å². The Kier molecular flexibility index (Phi) is 3.19. The highest BCUT2D eigenvalue weighted by molar-refractivity contribution is 7.18. The molecule has 0 aliphatic rings. The molecule has 3 nitrogen and oxygen atoms in total. The quantitative estimate of drug-likeness (QED) is 0.885. The van der Waals surface area contributed by atoms with Crippen molar-refractivity contribution in [2.24, 2.45) is 0 Å². The number of rotatable bonds is 3. The Bertz CT molecular complexity index is 519. The van der Waals surface area contributed by atoms with E-state index in [1.165, 1.54) is 0 Å². The Morgan fingerprint density at radius 1 is 1.50 bits per heavy atom. The summed E-state index contributed by atoms with van der Waals surface area (Å²) in [6.45, 7) is 3.98. The van der Waals surface area contributed by atoms with E-state index < -0.39 is 0 Å². The standard InChI is InChI=1S/C12H14N2OS/c1-3-4-12(15)14-9-5-6-10-11(7-9)16-8(2)13-10/h5-7H,3-4H2,1-2H3,(H,14,15). The van der Waals surface area contributed by atoms with Crippen molar-refractivity contribution in [3.63, 3.8) is 0 Å². The second-order valence-electron chi connectivity index (χ2n) is 3.71. The molecule has 1 amide bonds. The lowest BCUT2D eigenvalue weighted by molar-refractivity contribution is -0.116. The molecule has 0 atom stereocenters. The van der Waals surface area contributed by atoms with Gasteiger partial charge in [0.25, 0.3) is 0 Å². The maximum absolute atomic E-state index is 11.4. The maximum Gasteiger partial charge on any atom is 0.224 e. The van der Waals surface area contributed by atoms with Crippen molar-refractivity contribution in [2.45, 2.75) is 26.7 Å². The van der Waals surface area contributed by atoms with Crippen LogP contribution in [0.4, 0.5) is 5.69 Å². The molecule has 0 aliphatic heterocycles. The van der Waals surface area contributed by atoms with Gasteiger partial charge in [0.05, 0.1) is 15.2 Å². The van der Waals surface area contributed by atoms with Crippen LogP contribution in [0.1, 0.15) is 24.8 Å². The van der Waals surface area contributed by atoms with Gasteiger partial charge in [0.15, 0.2) is 0 Å². The summed E-state index contributed by atoms with van der Waals surface area (Å²) in [4.78, 5) is 15.8. The van der Waals surface area contributed by atoms with Crippen LogP contribution in [0.2, 0.25) is 0 Å². The molecule has 0 fully saturated rings. The van der Waals surface area contributed by atoms with Crippen LogP contribution >= 0.6 is 11.3 Å². The number of hydrogen-bond donors (Lipinski definition) is 1. The van der Waals surface area contributed by atoms with E-state index in [0.717, 1.165) is 27.3 Å². The van der Waals surface area contributed by atoms with Crippen molar-refractivity contribution in [2.75, 3.05) is 5.32 Å². The monoisotopic (exact) mass is 234 g/mol. The Hall–Kier alpha value is -1.42. The molecule has 1 aromatic heterocycles. The zero-order valence-corrected chi connectivity index (χ0v) is 10.2. The molecule has 2 rings (SSSR count). The average Bonchev–Trinajstić information content (AvgIpc) is 2.57. The molecule has 16 heavy (non-hydrogen) atoms. The molecule has 1 heterocycles. The zero-order valence-electron chi connectivity index (χ0n) is 9.41. The first-order valence-electron chi connectivity index (χ1n) is 5.36. The number of fused-ring (bicyclic) bond motifs is 1. The fourth-order valence-electron chi connectivity index (χ4n) is 1.57. The summed E-state index contributed by atoms with van der Waals surface area (Å²) in [7, 11) is 0. The molecule has 0 bridgehead atoms. The van der Waals surface area contributed by atoms with Gasteiger partial charge in [-0.15, -0.1) is 11.3 Å². The summed E-state index contributed by atoms with van der Waals surface area (Å²) in [5.74, 6) is 0.0723. The van der Waals surface area contributed by atoms with E-state index in [-0.39, 0.29) is 5.91 Å². The molecular weight excluding hydrogens is 220 g/mol. The van der Waals surface area contributed by atoms with Crippen LogP contribution < -0.4 is 5.32 Å². The Labute approximate surface area is 98.5 Å². The minimum atomic E-state index is 0.0723. The highest BCUT2D eigenvalue weighted by Gasteiger charge is 2.04. The third-order valence-electron chi connectivity index (χ3n) is 2.26. The molecule has 84 valence electrons. The molecule has 1 N–H and O–H groups in total. The first kappa shape index (κ1) is 11.1. The number of anilines is 1. The van der Waals surface area contributed by atoms with Gasteiger partial charge in [-0.05, 0) is 31.5 Å². The fourth-order valence-corrected chi connectivity index (χ4v) is 2.43. The van der Waals surface area contributed by atoms with Gasteiger partial charge >= 0.3 is 0 Å². The zero-order chi connectivity index (χ0) is 11.5. The van der Waals surface area contributed by atoms with Crippen LogP contribution in [-0.2, 0) is 4.79 Å². The van der Waals surface area contributed by atoms with Crippen molar-refractivity contribution in [1.82, 2.24) is 4.98 Å². The van der Waals surface area contributed by atoms with Gasteiger partial charge in [0.1, 0.15) is 0 Å². The van der Waals surface area contributed by atoms with Crippen molar-refractivity contribution < 1.29 is 4.79 Å². The summed E-state index contributed by atoms with van der Waals surface area (Å²) in [6, 6.07) is 5.82. The number of hydrogen-bond acceptors (Lipinski definition) is 3. The number of aryl methyl sites for hydroxylation is 1. The molecule has 4 heteroatoms. The number of carbonyl (C=O) groups is 1. The van der Waals surface area contributed by atoms with Gasteiger partial charge in [-0.3, -0.25) is 4.79 Å². The Morgan fingerprint density at radius 3 is 3.06 bits per heavy atom. The predicted octanol–water partition coefficient (Wildman–Crippen LogP) is 3.34. The molecule has 0 spiro atoms. The predicted molar refractivity (Wildman–Crippen MR) is 67.9 cm³/mol. The van der Waals surface area contributed by atoms with E-state index in [1.54, 1.807) is 11.3 Å². The lowest BCUT2D eigenvalue weighted by Gasteiger charge is -2.03. The van der Waals surface area contributed by atoms with E-state index in [4.69, 9.17) is 0 Å². The number of nitrogens with zero attached hydrogens (tertiary/aromatic N) is 1. The van der Waals surface area contributed by atoms with Crippen LogP contribution in [0.15, 0.2) is 18.2 Å². The summed E-state index contributed by atoms with van der Waals surface area (Å²) >= 11 is 1.64. The van der Waals surface area contributed by atoms with E-state index in [0.29, 0.717) is 6.42 Å². The highest BCUT2D eigenvalue weighted by Crippen LogP contribution is 2.24. The van der Waals surface area contributed by atoms with Crippen molar-refractivity contribution in [3.8, 4) is 0 Å². The number of benzene rings is 1.